The van der Waals surface area contributed by atoms with E-state index in [-0.39, 0.29) is 11.4 Å². The van der Waals surface area contributed by atoms with E-state index < -0.39 is 21.7 Å². The molecule has 1 amide bonds. The van der Waals surface area contributed by atoms with Gasteiger partial charge in [0.1, 0.15) is 11.3 Å². The van der Waals surface area contributed by atoms with Crippen LogP contribution in [0.15, 0.2) is 35.4 Å². The highest BCUT2D eigenvalue weighted by Gasteiger charge is 2.20. The monoisotopic (exact) mass is 352 g/mol. The standard InChI is InChI=1S/C15H20N4O4S/c1-11-5-7-13(8-6-11)24(21,22)19-10-12(17-18-19)9-16-14(20)23-15(2,3)4/h5-8,10H,9H2,1-4H3,(H,16,20). The number of amides is 1. The molecule has 9 heteroatoms. The summed E-state index contributed by atoms with van der Waals surface area (Å²) in [7, 11) is -3.80. The van der Waals surface area contributed by atoms with Crippen molar-refractivity contribution in [2.45, 2.75) is 44.7 Å². The summed E-state index contributed by atoms with van der Waals surface area (Å²) >= 11 is 0. The minimum atomic E-state index is -3.80. The Hall–Kier alpha value is -2.42. The van der Waals surface area contributed by atoms with Gasteiger partial charge in [-0.1, -0.05) is 22.9 Å². The Morgan fingerprint density at radius 1 is 1.25 bits per heavy atom. The number of nitrogens with one attached hydrogen (secondary N) is 1. The van der Waals surface area contributed by atoms with Crippen molar-refractivity contribution >= 4 is 16.1 Å². The third-order valence-corrected chi connectivity index (χ3v) is 4.44. The average molecular weight is 352 g/mol. The van der Waals surface area contributed by atoms with E-state index in [1.54, 1.807) is 32.9 Å². The van der Waals surface area contributed by atoms with Gasteiger partial charge in [0.2, 0.25) is 0 Å². The molecule has 1 N–H and O–H groups in total. The van der Waals surface area contributed by atoms with Crippen LogP contribution in [0.4, 0.5) is 4.79 Å². The Morgan fingerprint density at radius 2 is 1.88 bits per heavy atom. The smallest absolute Gasteiger partial charge is 0.407 e. The van der Waals surface area contributed by atoms with Gasteiger partial charge in [0.15, 0.2) is 0 Å². The van der Waals surface area contributed by atoms with Gasteiger partial charge in [0, 0.05) is 0 Å². The first kappa shape index (κ1) is 17.9. The molecular weight excluding hydrogens is 332 g/mol. The molecule has 24 heavy (non-hydrogen) atoms. The number of hydrogen-bond donors (Lipinski definition) is 1. The van der Waals surface area contributed by atoms with Crippen molar-refractivity contribution in [2.24, 2.45) is 0 Å². The number of nitrogens with zero attached hydrogens (tertiary/aromatic N) is 3. The molecule has 0 unspecified atom stereocenters. The molecule has 0 aliphatic rings. The lowest BCUT2D eigenvalue weighted by Crippen LogP contribution is -2.32. The molecule has 0 radical (unpaired) electrons. The molecule has 0 spiro atoms. The van der Waals surface area contributed by atoms with Crippen LogP contribution in [0.5, 0.6) is 0 Å². The molecule has 2 rings (SSSR count). The Kier molecular flexibility index (Phi) is 4.93. The normalized spacial score (nSPS) is 12.0. The summed E-state index contributed by atoms with van der Waals surface area (Å²) in [5.74, 6) is 0. The molecule has 8 nitrogen and oxygen atoms in total. The highest BCUT2D eigenvalue weighted by molar-refractivity contribution is 7.89. The van der Waals surface area contributed by atoms with Gasteiger partial charge < -0.3 is 10.1 Å². The fourth-order valence-corrected chi connectivity index (χ4v) is 2.86. The van der Waals surface area contributed by atoms with Gasteiger partial charge in [-0.05, 0) is 39.8 Å². The Balaban J connectivity index is 2.07. The molecule has 0 aliphatic carbocycles. The summed E-state index contributed by atoms with van der Waals surface area (Å²) in [5.41, 5.74) is 0.641. The molecule has 0 bridgehead atoms. The first-order chi connectivity index (χ1) is 11.1. The Bertz CT molecular complexity index is 820. The lowest BCUT2D eigenvalue weighted by atomic mass is 10.2. The fourth-order valence-electron chi connectivity index (χ4n) is 1.77. The lowest BCUT2D eigenvalue weighted by molar-refractivity contribution is 0.0523. The average Bonchev–Trinajstić information content (AvgIpc) is 2.93. The number of rotatable bonds is 4. The van der Waals surface area contributed by atoms with Crippen molar-refractivity contribution in [1.82, 2.24) is 19.7 Å². The molecule has 0 saturated carbocycles. The van der Waals surface area contributed by atoms with Crippen LogP contribution in [0.3, 0.4) is 0 Å². The van der Waals surface area contributed by atoms with Crippen LogP contribution in [0.1, 0.15) is 32.0 Å². The van der Waals surface area contributed by atoms with E-state index in [4.69, 9.17) is 4.74 Å². The Labute approximate surface area is 140 Å². The summed E-state index contributed by atoms with van der Waals surface area (Å²) in [6.45, 7) is 7.12. The van der Waals surface area contributed by atoms with Crippen LogP contribution in [0.25, 0.3) is 0 Å². The predicted molar refractivity (Wildman–Crippen MR) is 86.9 cm³/mol. The van der Waals surface area contributed by atoms with Gasteiger partial charge in [-0.25, -0.2) is 4.79 Å². The van der Waals surface area contributed by atoms with Crippen molar-refractivity contribution in [1.29, 1.82) is 0 Å². The van der Waals surface area contributed by atoms with Gasteiger partial charge in [-0.15, -0.1) is 9.19 Å². The maximum atomic E-state index is 12.4. The summed E-state index contributed by atoms with van der Waals surface area (Å²) in [5, 5.41) is 9.88. The van der Waals surface area contributed by atoms with Gasteiger partial charge in [0.25, 0.3) is 10.0 Å². The molecule has 0 fully saturated rings. The SMILES string of the molecule is Cc1ccc(S(=O)(=O)n2cc(CNC(=O)OC(C)(C)C)nn2)cc1. The van der Waals surface area contributed by atoms with E-state index in [1.165, 1.54) is 18.3 Å². The number of aromatic nitrogens is 3. The summed E-state index contributed by atoms with van der Waals surface area (Å²) in [6, 6.07) is 6.42. The van der Waals surface area contributed by atoms with E-state index in [9.17, 15) is 13.2 Å². The number of ether oxygens (including phenoxy) is 1. The summed E-state index contributed by atoms with van der Waals surface area (Å²) in [6.07, 6.45) is 0.644. The first-order valence-corrected chi connectivity index (χ1v) is 8.72. The Morgan fingerprint density at radius 3 is 2.46 bits per heavy atom. The van der Waals surface area contributed by atoms with Gasteiger partial charge >= 0.3 is 6.09 Å². The summed E-state index contributed by atoms with van der Waals surface area (Å²) in [4.78, 5) is 11.7. The van der Waals surface area contributed by atoms with Crippen molar-refractivity contribution in [2.75, 3.05) is 0 Å². The molecule has 0 saturated heterocycles. The van der Waals surface area contributed by atoms with Crippen LogP contribution in [0, 0.1) is 6.92 Å². The minimum Gasteiger partial charge on any atom is -0.444 e. The lowest BCUT2D eigenvalue weighted by Gasteiger charge is -2.19. The number of aryl methyl sites for hydroxylation is 1. The van der Waals surface area contributed by atoms with Crippen molar-refractivity contribution in [3.05, 3.63) is 41.7 Å². The molecule has 1 aromatic carbocycles. The van der Waals surface area contributed by atoms with Crippen molar-refractivity contribution in [3.8, 4) is 0 Å². The van der Waals surface area contributed by atoms with Crippen LogP contribution in [0.2, 0.25) is 0 Å². The molecule has 1 aromatic heterocycles. The highest BCUT2D eigenvalue weighted by atomic mass is 32.2. The zero-order chi connectivity index (χ0) is 18.0. The van der Waals surface area contributed by atoms with Crippen molar-refractivity contribution < 1.29 is 17.9 Å². The van der Waals surface area contributed by atoms with Crippen LogP contribution >= 0.6 is 0 Å². The molecular formula is C15H20N4O4S. The zero-order valence-electron chi connectivity index (χ0n) is 14.0. The summed E-state index contributed by atoms with van der Waals surface area (Å²) < 4.78 is 30.7. The van der Waals surface area contributed by atoms with E-state index in [2.05, 4.69) is 15.6 Å². The third kappa shape index (κ3) is 4.54. The van der Waals surface area contributed by atoms with Crippen LogP contribution < -0.4 is 5.32 Å². The van der Waals surface area contributed by atoms with Crippen LogP contribution in [-0.4, -0.2) is 34.5 Å². The number of alkyl carbamates (subject to hydrolysis) is 1. The topological polar surface area (TPSA) is 103 Å². The highest BCUT2D eigenvalue weighted by Crippen LogP contribution is 2.13. The second-order valence-electron chi connectivity index (χ2n) is 6.26. The number of carbonyl (C=O) groups is 1. The van der Waals surface area contributed by atoms with E-state index >= 15 is 0 Å². The molecule has 1 heterocycles. The molecule has 0 aliphatic heterocycles. The molecule has 0 atom stereocenters. The number of benzene rings is 1. The van der Waals surface area contributed by atoms with Crippen molar-refractivity contribution in [3.63, 3.8) is 0 Å². The molecule has 130 valence electrons. The van der Waals surface area contributed by atoms with E-state index in [0.717, 1.165) is 9.65 Å². The predicted octanol–water partition coefficient (Wildman–Crippen LogP) is 1.85. The number of hydrogen-bond acceptors (Lipinski definition) is 6. The first-order valence-electron chi connectivity index (χ1n) is 7.28. The maximum absolute atomic E-state index is 12.4. The fraction of sp³-hybridized carbons (Fsp3) is 0.400. The largest absolute Gasteiger partial charge is 0.444 e. The third-order valence-electron chi connectivity index (χ3n) is 2.90. The zero-order valence-corrected chi connectivity index (χ0v) is 14.8. The molecule has 2 aromatic rings. The maximum Gasteiger partial charge on any atom is 0.407 e. The van der Waals surface area contributed by atoms with Crippen LogP contribution in [-0.2, 0) is 21.3 Å². The minimum absolute atomic E-state index is 0.0122. The van der Waals surface area contributed by atoms with Gasteiger partial charge in [0.05, 0.1) is 17.6 Å². The van der Waals surface area contributed by atoms with Gasteiger partial charge in [-0.2, -0.15) is 8.42 Å². The second-order valence-corrected chi connectivity index (χ2v) is 8.05. The van der Waals surface area contributed by atoms with Gasteiger partial charge in [-0.3, -0.25) is 0 Å². The quantitative estimate of drug-likeness (QED) is 0.901. The second kappa shape index (κ2) is 6.60. The van der Waals surface area contributed by atoms with E-state index in [0.29, 0.717) is 5.69 Å². The van der Waals surface area contributed by atoms with E-state index in [1.807, 2.05) is 6.92 Å². The number of carbonyl (C=O) groups excluding carboxylic acids is 1.